The van der Waals surface area contributed by atoms with Gasteiger partial charge in [-0.3, -0.25) is 14.6 Å². The van der Waals surface area contributed by atoms with Crippen LogP contribution in [0, 0.1) is 0 Å². The van der Waals surface area contributed by atoms with Crippen molar-refractivity contribution in [3.05, 3.63) is 65.5 Å². The first-order chi connectivity index (χ1) is 15.4. The number of ether oxygens (including phenoxy) is 1. The molecule has 1 aliphatic rings. The molecule has 170 valence electrons. The number of nitrogens with zero attached hydrogens (tertiary/aromatic N) is 3. The lowest BCUT2D eigenvalue weighted by Crippen LogP contribution is -2.38. The van der Waals surface area contributed by atoms with Crippen LogP contribution in [0.2, 0.25) is 0 Å². The fourth-order valence-corrected chi connectivity index (χ4v) is 3.86. The predicted molar refractivity (Wildman–Crippen MR) is 123 cm³/mol. The second-order valence-corrected chi connectivity index (χ2v) is 7.96. The SMILES string of the molecule is CCN(CC)CCN1C(=O)C(=O)/C(=C(/O)c2ccc(OC(C)C)cc2)C1c1ccccn1. The van der Waals surface area contributed by atoms with Crippen molar-refractivity contribution >= 4 is 17.4 Å². The summed E-state index contributed by atoms with van der Waals surface area (Å²) in [6.07, 6.45) is 1.65. The van der Waals surface area contributed by atoms with Crippen LogP contribution in [0.25, 0.3) is 5.76 Å². The van der Waals surface area contributed by atoms with Crippen molar-refractivity contribution < 1.29 is 19.4 Å². The van der Waals surface area contributed by atoms with Crippen LogP contribution in [-0.4, -0.2) is 63.9 Å². The first-order valence-electron chi connectivity index (χ1n) is 11.1. The summed E-state index contributed by atoms with van der Waals surface area (Å²) in [4.78, 5) is 34.1. The molecule has 2 heterocycles. The monoisotopic (exact) mass is 437 g/mol. The minimum Gasteiger partial charge on any atom is -0.507 e. The lowest BCUT2D eigenvalue weighted by atomic mass is 9.98. The van der Waals surface area contributed by atoms with Gasteiger partial charge in [0.2, 0.25) is 0 Å². The van der Waals surface area contributed by atoms with E-state index in [0.29, 0.717) is 30.1 Å². The van der Waals surface area contributed by atoms with Gasteiger partial charge in [0.25, 0.3) is 11.7 Å². The summed E-state index contributed by atoms with van der Waals surface area (Å²) in [5, 5.41) is 11.1. The highest BCUT2D eigenvalue weighted by atomic mass is 16.5. The lowest BCUT2D eigenvalue weighted by Gasteiger charge is -2.27. The molecule has 32 heavy (non-hydrogen) atoms. The molecule has 1 unspecified atom stereocenters. The van der Waals surface area contributed by atoms with Crippen LogP contribution < -0.4 is 4.74 Å². The van der Waals surface area contributed by atoms with Crippen molar-refractivity contribution in [3.63, 3.8) is 0 Å². The number of carbonyl (C=O) groups is 2. The third kappa shape index (κ3) is 4.99. The Balaban J connectivity index is 2.02. The molecule has 1 amide bonds. The number of pyridine rings is 1. The fourth-order valence-electron chi connectivity index (χ4n) is 3.86. The van der Waals surface area contributed by atoms with E-state index in [1.54, 1.807) is 42.6 Å². The van der Waals surface area contributed by atoms with Crippen LogP contribution in [-0.2, 0) is 9.59 Å². The molecule has 0 radical (unpaired) electrons. The molecule has 1 fully saturated rings. The standard InChI is InChI=1S/C25H31N3O4/c1-5-27(6-2)15-16-28-22(20-9-7-8-14-26-20)21(24(30)25(28)31)23(29)18-10-12-19(13-11-18)32-17(3)4/h7-14,17,22,29H,5-6,15-16H2,1-4H3/b23-21+. The molecule has 7 nitrogen and oxygen atoms in total. The average Bonchev–Trinajstić information content (AvgIpc) is 3.05. The molecule has 1 aromatic heterocycles. The van der Waals surface area contributed by atoms with Crippen molar-refractivity contribution in [1.29, 1.82) is 0 Å². The van der Waals surface area contributed by atoms with Gasteiger partial charge in [-0.05, 0) is 63.3 Å². The Morgan fingerprint density at radius 2 is 1.81 bits per heavy atom. The minimum absolute atomic E-state index is 0.0229. The largest absolute Gasteiger partial charge is 0.507 e. The van der Waals surface area contributed by atoms with Crippen molar-refractivity contribution in [2.24, 2.45) is 0 Å². The number of hydrogen-bond donors (Lipinski definition) is 1. The van der Waals surface area contributed by atoms with E-state index in [1.807, 2.05) is 19.9 Å². The Morgan fingerprint density at radius 3 is 2.38 bits per heavy atom. The van der Waals surface area contributed by atoms with E-state index in [2.05, 4.69) is 23.7 Å². The molecule has 1 saturated heterocycles. The number of ketones is 1. The first-order valence-corrected chi connectivity index (χ1v) is 11.1. The predicted octanol–water partition coefficient (Wildman–Crippen LogP) is 3.63. The van der Waals surface area contributed by atoms with Crippen molar-refractivity contribution in [2.45, 2.75) is 39.8 Å². The Labute approximate surface area is 189 Å². The second-order valence-electron chi connectivity index (χ2n) is 7.96. The molecule has 0 bridgehead atoms. The van der Waals surface area contributed by atoms with E-state index in [4.69, 9.17) is 4.74 Å². The maximum absolute atomic E-state index is 13.0. The molecule has 1 atom stereocenters. The molecule has 7 heteroatoms. The van der Waals surface area contributed by atoms with E-state index < -0.39 is 17.7 Å². The third-order valence-corrected chi connectivity index (χ3v) is 5.56. The van der Waals surface area contributed by atoms with Gasteiger partial charge in [0.15, 0.2) is 0 Å². The van der Waals surface area contributed by atoms with E-state index in [-0.39, 0.29) is 17.4 Å². The number of aliphatic hydroxyl groups excluding tert-OH is 1. The van der Waals surface area contributed by atoms with Crippen LogP contribution in [0.3, 0.4) is 0 Å². The summed E-state index contributed by atoms with van der Waals surface area (Å²) in [7, 11) is 0. The zero-order chi connectivity index (χ0) is 23.3. The van der Waals surface area contributed by atoms with Gasteiger partial charge in [0.1, 0.15) is 17.6 Å². The van der Waals surface area contributed by atoms with Crippen LogP contribution in [0.15, 0.2) is 54.2 Å². The number of amides is 1. The highest BCUT2D eigenvalue weighted by molar-refractivity contribution is 6.46. The van der Waals surface area contributed by atoms with Crippen LogP contribution in [0.1, 0.15) is 45.0 Å². The summed E-state index contributed by atoms with van der Waals surface area (Å²) in [6, 6.07) is 11.5. The Kier molecular flexibility index (Phi) is 7.64. The summed E-state index contributed by atoms with van der Waals surface area (Å²) >= 11 is 0. The molecule has 2 aromatic rings. The number of carbonyl (C=O) groups excluding carboxylic acids is 2. The number of benzene rings is 1. The van der Waals surface area contributed by atoms with Crippen molar-refractivity contribution in [2.75, 3.05) is 26.2 Å². The number of aliphatic hydroxyl groups is 1. The first kappa shape index (κ1) is 23.5. The number of hydrogen-bond acceptors (Lipinski definition) is 6. The molecule has 0 aliphatic carbocycles. The number of likely N-dealkylation sites (N-methyl/N-ethyl adjacent to an activating group) is 1. The summed E-state index contributed by atoms with van der Waals surface area (Å²) < 4.78 is 5.65. The molecule has 1 N–H and O–H groups in total. The molecule has 0 spiro atoms. The van der Waals surface area contributed by atoms with Crippen LogP contribution in [0.5, 0.6) is 5.75 Å². The zero-order valence-electron chi connectivity index (χ0n) is 19.1. The number of aromatic nitrogens is 1. The lowest BCUT2D eigenvalue weighted by molar-refractivity contribution is -0.140. The Morgan fingerprint density at radius 1 is 1.12 bits per heavy atom. The van der Waals surface area contributed by atoms with Gasteiger partial charge in [0, 0.05) is 24.8 Å². The van der Waals surface area contributed by atoms with E-state index in [0.717, 1.165) is 13.1 Å². The second kappa shape index (κ2) is 10.4. The van der Waals surface area contributed by atoms with Gasteiger partial charge in [-0.1, -0.05) is 19.9 Å². The van der Waals surface area contributed by atoms with Gasteiger partial charge in [-0.25, -0.2) is 0 Å². The highest BCUT2D eigenvalue weighted by Crippen LogP contribution is 2.38. The Hall–Kier alpha value is -3.19. The fraction of sp³-hybridized carbons (Fsp3) is 0.400. The molecule has 0 saturated carbocycles. The van der Waals surface area contributed by atoms with Crippen molar-refractivity contribution in [1.82, 2.24) is 14.8 Å². The summed E-state index contributed by atoms with van der Waals surface area (Å²) in [6.45, 7) is 10.7. The maximum atomic E-state index is 13.0. The highest BCUT2D eigenvalue weighted by Gasteiger charge is 2.46. The Bertz CT molecular complexity index is 966. The summed E-state index contributed by atoms with van der Waals surface area (Å²) in [5.74, 6) is -0.854. The molecule has 1 aliphatic heterocycles. The minimum atomic E-state index is -0.738. The normalized spacial score (nSPS) is 18.1. The van der Waals surface area contributed by atoms with Crippen LogP contribution in [0.4, 0.5) is 0 Å². The van der Waals surface area contributed by atoms with Crippen molar-refractivity contribution in [3.8, 4) is 5.75 Å². The smallest absolute Gasteiger partial charge is 0.295 e. The topological polar surface area (TPSA) is 83.0 Å². The third-order valence-electron chi connectivity index (χ3n) is 5.56. The molecule has 1 aromatic carbocycles. The number of likely N-dealkylation sites (tertiary alicyclic amines) is 1. The molecular weight excluding hydrogens is 406 g/mol. The number of Topliss-reactive ketones (excluding diaryl/α,β-unsaturated/α-hetero) is 1. The van der Waals surface area contributed by atoms with Gasteiger partial charge in [0.05, 0.1) is 17.4 Å². The van der Waals surface area contributed by atoms with Gasteiger partial charge in [-0.2, -0.15) is 0 Å². The van der Waals surface area contributed by atoms with Gasteiger partial charge < -0.3 is 19.6 Å². The average molecular weight is 438 g/mol. The van der Waals surface area contributed by atoms with E-state index in [9.17, 15) is 14.7 Å². The van der Waals surface area contributed by atoms with E-state index >= 15 is 0 Å². The zero-order valence-corrected chi connectivity index (χ0v) is 19.1. The van der Waals surface area contributed by atoms with Crippen LogP contribution >= 0.6 is 0 Å². The summed E-state index contributed by atoms with van der Waals surface area (Å²) in [5.41, 5.74) is 1.06. The van der Waals surface area contributed by atoms with Gasteiger partial charge in [-0.15, -0.1) is 0 Å². The number of rotatable bonds is 9. The van der Waals surface area contributed by atoms with Gasteiger partial charge >= 0.3 is 0 Å². The van der Waals surface area contributed by atoms with E-state index in [1.165, 1.54) is 4.90 Å². The molecular formula is C25H31N3O4. The molecule has 3 rings (SSSR count). The quantitative estimate of drug-likeness (QED) is 0.366. The maximum Gasteiger partial charge on any atom is 0.295 e.